The molecular formula is C26H30F2N6O2. The number of amides is 3. The van der Waals surface area contributed by atoms with Crippen LogP contribution in [0, 0.1) is 11.6 Å². The number of aromatic nitrogens is 1. The summed E-state index contributed by atoms with van der Waals surface area (Å²) in [6.07, 6.45) is 2.11. The van der Waals surface area contributed by atoms with Crippen molar-refractivity contribution in [1.29, 1.82) is 0 Å². The lowest BCUT2D eigenvalue weighted by molar-refractivity contribution is 0.102. The average molecular weight is 497 g/mol. The first-order chi connectivity index (χ1) is 17.3. The zero-order chi connectivity index (χ0) is 26.1. The fraction of sp³-hybridized carbons (Fsp3) is 0.269. The summed E-state index contributed by atoms with van der Waals surface area (Å²) in [4.78, 5) is 31.7. The maximum Gasteiger partial charge on any atom is 0.319 e. The lowest BCUT2D eigenvalue weighted by Crippen LogP contribution is -2.35. The van der Waals surface area contributed by atoms with Crippen LogP contribution < -0.4 is 21.7 Å². The zero-order valence-electron chi connectivity index (χ0n) is 20.2. The first-order valence-electron chi connectivity index (χ1n) is 11.7. The fourth-order valence-corrected chi connectivity index (χ4v) is 3.62. The van der Waals surface area contributed by atoms with E-state index < -0.39 is 29.6 Å². The van der Waals surface area contributed by atoms with Crippen LogP contribution in [0.1, 0.15) is 42.4 Å². The molecule has 0 saturated carbocycles. The largest absolute Gasteiger partial charge is 0.397 e. The number of hydrogen-bond acceptors (Lipinski definition) is 5. The van der Waals surface area contributed by atoms with E-state index >= 15 is 0 Å². The van der Waals surface area contributed by atoms with E-state index in [1.807, 2.05) is 0 Å². The van der Waals surface area contributed by atoms with Crippen molar-refractivity contribution in [2.24, 2.45) is 0 Å². The van der Waals surface area contributed by atoms with Gasteiger partial charge in [0.1, 0.15) is 5.69 Å². The van der Waals surface area contributed by atoms with Gasteiger partial charge in [-0.3, -0.25) is 9.78 Å². The van der Waals surface area contributed by atoms with Crippen molar-refractivity contribution in [1.82, 2.24) is 15.2 Å². The van der Waals surface area contributed by atoms with Gasteiger partial charge < -0.3 is 26.6 Å². The van der Waals surface area contributed by atoms with Crippen molar-refractivity contribution in [2.45, 2.75) is 26.3 Å². The van der Waals surface area contributed by atoms with Crippen LogP contribution in [0.25, 0.3) is 0 Å². The van der Waals surface area contributed by atoms with Gasteiger partial charge in [0, 0.05) is 24.5 Å². The number of nitrogens with two attached hydrogens (primary N) is 1. The number of carbonyl (C=O) groups excluding carboxylic acids is 2. The number of carbonyl (C=O) groups is 2. The Kier molecular flexibility index (Phi) is 9.29. The van der Waals surface area contributed by atoms with Gasteiger partial charge in [0.15, 0.2) is 11.6 Å². The number of nitrogen functional groups attached to an aromatic ring is 1. The third kappa shape index (κ3) is 7.22. The van der Waals surface area contributed by atoms with Crippen LogP contribution in [0.3, 0.4) is 0 Å². The molecule has 1 heterocycles. The number of hydrogen-bond donors (Lipinski definition) is 4. The Balaban J connectivity index is 1.73. The third-order valence-electron chi connectivity index (χ3n) is 5.74. The summed E-state index contributed by atoms with van der Waals surface area (Å²) in [6, 6.07) is 12.3. The molecule has 1 unspecified atom stereocenters. The molecule has 8 nitrogen and oxygen atoms in total. The summed E-state index contributed by atoms with van der Waals surface area (Å²) < 4.78 is 26.7. The minimum absolute atomic E-state index is 0.124. The topological polar surface area (TPSA) is 112 Å². The summed E-state index contributed by atoms with van der Waals surface area (Å²) >= 11 is 0. The van der Waals surface area contributed by atoms with Gasteiger partial charge in [-0.05, 0) is 55.4 Å². The predicted molar refractivity (Wildman–Crippen MR) is 137 cm³/mol. The van der Waals surface area contributed by atoms with Crippen molar-refractivity contribution in [3.05, 3.63) is 83.7 Å². The monoisotopic (exact) mass is 496 g/mol. The highest BCUT2D eigenvalue weighted by Crippen LogP contribution is 2.20. The normalized spacial score (nSPS) is 11.7. The van der Waals surface area contributed by atoms with Gasteiger partial charge in [-0.2, -0.15) is 0 Å². The van der Waals surface area contributed by atoms with Crippen LogP contribution in [0.15, 0.2) is 60.8 Å². The minimum atomic E-state index is -1.05. The average Bonchev–Trinajstić information content (AvgIpc) is 2.87. The molecule has 3 amide bonds. The molecule has 0 radical (unpaired) electrons. The molecule has 0 bridgehead atoms. The van der Waals surface area contributed by atoms with E-state index in [1.54, 1.807) is 36.4 Å². The van der Waals surface area contributed by atoms with Gasteiger partial charge >= 0.3 is 6.03 Å². The van der Waals surface area contributed by atoms with Crippen molar-refractivity contribution in [3.63, 3.8) is 0 Å². The number of halogens is 2. The molecule has 1 aromatic heterocycles. The van der Waals surface area contributed by atoms with Crippen LogP contribution in [-0.4, -0.2) is 41.5 Å². The van der Waals surface area contributed by atoms with Crippen LogP contribution in [0.4, 0.5) is 30.6 Å². The first-order valence-corrected chi connectivity index (χ1v) is 11.7. The molecule has 3 aromatic rings. The Morgan fingerprint density at radius 2 is 1.75 bits per heavy atom. The molecule has 5 N–H and O–H groups in total. The van der Waals surface area contributed by atoms with Crippen molar-refractivity contribution in [3.8, 4) is 0 Å². The Hall–Kier alpha value is -4.05. The molecule has 0 fully saturated rings. The molecule has 0 aliphatic heterocycles. The molecule has 0 saturated heterocycles. The highest BCUT2D eigenvalue weighted by Gasteiger charge is 2.18. The number of nitrogens with zero attached hydrogens (tertiary/aromatic N) is 2. The van der Waals surface area contributed by atoms with E-state index in [2.05, 4.69) is 39.7 Å². The van der Waals surface area contributed by atoms with Crippen molar-refractivity contribution in [2.75, 3.05) is 36.0 Å². The summed E-state index contributed by atoms with van der Waals surface area (Å²) in [5.41, 5.74) is 7.82. The predicted octanol–water partition coefficient (Wildman–Crippen LogP) is 4.79. The SMILES string of the molecule is CCN(CC)CCC(NC(=O)Nc1ccc(F)c(F)c1)c1ccc(C(=O)Nc2ccccc2N)nc1. The van der Waals surface area contributed by atoms with Crippen LogP contribution >= 0.6 is 0 Å². The lowest BCUT2D eigenvalue weighted by atomic mass is 10.0. The smallest absolute Gasteiger partial charge is 0.319 e. The van der Waals surface area contributed by atoms with Crippen molar-refractivity contribution >= 4 is 29.0 Å². The maximum absolute atomic E-state index is 13.5. The van der Waals surface area contributed by atoms with E-state index in [-0.39, 0.29) is 11.4 Å². The second-order valence-electron chi connectivity index (χ2n) is 8.11. The molecule has 3 rings (SSSR count). The number of para-hydroxylation sites is 2. The summed E-state index contributed by atoms with van der Waals surface area (Å²) in [7, 11) is 0. The molecule has 0 spiro atoms. The van der Waals surface area contributed by atoms with Crippen LogP contribution in [0.5, 0.6) is 0 Å². The Labute approximate surface area is 208 Å². The van der Waals surface area contributed by atoms with Gasteiger partial charge in [-0.15, -0.1) is 0 Å². The minimum Gasteiger partial charge on any atom is -0.397 e. The highest BCUT2D eigenvalue weighted by atomic mass is 19.2. The molecule has 36 heavy (non-hydrogen) atoms. The molecule has 0 aliphatic carbocycles. The van der Waals surface area contributed by atoms with E-state index in [0.717, 1.165) is 25.2 Å². The second-order valence-corrected chi connectivity index (χ2v) is 8.11. The summed E-state index contributed by atoms with van der Waals surface area (Å²) in [5.74, 6) is -2.47. The Morgan fingerprint density at radius 3 is 2.39 bits per heavy atom. The van der Waals surface area contributed by atoms with Gasteiger partial charge in [0.25, 0.3) is 5.91 Å². The van der Waals surface area contributed by atoms with Crippen LogP contribution in [0.2, 0.25) is 0 Å². The molecule has 2 aromatic carbocycles. The van der Waals surface area contributed by atoms with Gasteiger partial charge in [-0.25, -0.2) is 13.6 Å². The van der Waals surface area contributed by atoms with Gasteiger partial charge in [0.2, 0.25) is 0 Å². The Bertz CT molecular complexity index is 1190. The number of benzene rings is 2. The molecule has 10 heteroatoms. The van der Waals surface area contributed by atoms with E-state index in [9.17, 15) is 18.4 Å². The molecule has 0 aliphatic rings. The zero-order valence-corrected chi connectivity index (χ0v) is 20.2. The summed E-state index contributed by atoms with van der Waals surface area (Å²) in [6.45, 7) is 6.51. The molecule has 190 valence electrons. The maximum atomic E-state index is 13.5. The Morgan fingerprint density at radius 1 is 1.00 bits per heavy atom. The standard InChI is InChI=1S/C26H30F2N6O2/c1-3-34(4-2)14-13-22(33-26(36)31-18-10-11-19(27)20(28)15-18)17-9-12-24(30-16-17)25(35)32-23-8-6-5-7-21(23)29/h5-12,15-16,22H,3-4,13-14,29H2,1-2H3,(H,32,35)(H2,31,33,36). The van der Waals surface area contributed by atoms with Gasteiger partial charge in [0.05, 0.1) is 17.4 Å². The second kappa shape index (κ2) is 12.6. The fourth-order valence-electron chi connectivity index (χ4n) is 3.62. The number of nitrogens with one attached hydrogen (secondary N) is 3. The number of anilines is 3. The number of pyridine rings is 1. The van der Waals surface area contributed by atoms with Gasteiger partial charge in [-0.1, -0.05) is 32.0 Å². The molecule has 1 atom stereocenters. The van der Waals surface area contributed by atoms with Crippen LogP contribution in [-0.2, 0) is 0 Å². The van der Waals surface area contributed by atoms with Crippen molar-refractivity contribution < 1.29 is 18.4 Å². The quantitative estimate of drug-likeness (QED) is 0.302. The highest BCUT2D eigenvalue weighted by molar-refractivity contribution is 6.04. The van der Waals surface area contributed by atoms with E-state index in [1.165, 1.54) is 12.3 Å². The number of urea groups is 1. The number of rotatable bonds is 10. The third-order valence-corrected chi connectivity index (χ3v) is 5.74. The first kappa shape index (κ1) is 26.6. The lowest BCUT2D eigenvalue weighted by Gasteiger charge is -2.24. The van der Waals surface area contributed by atoms with E-state index in [4.69, 9.17) is 5.73 Å². The van der Waals surface area contributed by atoms with E-state index in [0.29, 0.717) is 29.9 Å². The summed E-state index contributed by atoms with van der Waals surface area (Å²) in [5, 5.41) is 8.12. The molecular weight excluding hydrogens is 466 g/mol.